The second kappa shape index (κ2) is 6.24. The number of ether oxygens (including phenoxy) is 1. The van der Waals surface area contributed by atoms with Gasteiger partial charge in [0.2, 0.25) is 5.91 Å². The Hall–Kier alpha value is -1.63. The first-order chi connectivity index (χ1) is 10.3. The fraction of sp³-hybridized carbons (Fsp3) is 0.800. The van der Waals surface area contributed by atoms with Crippen molar-refractivity contribution >= 4 is 17.8 Å². The first-order valence-corrected chi connectivity index (χ1v) is 7.74. The smallest absolute Gasteiger partial charge is 0.325 e. The molecule has 0 saturated carbocycles. The maximum Gasteiger partial charge on any atom is 0.325 e. The van der Waals surface area contributed by atoms with E-state index in [9.17, 15) is 14.4 Å². The van der Waals surface area contributed by atoms with Crippen molar-refractivity contribution < 1.29 is 19.1 Å². The molecule has 0 aliphatic carbocycles. The van der Waals surface area contributed by atoms with Crippen molar-refractivity contribution in [2.75, 3.05) is 20.3 Å². The standard InChI is InChI=1S/C15H25N3O4/c1-10-6-5-7-11(2)18(10)12(19)8-17-13(20)15(3,9-22-4)16-14(17)21/h10-11H,5-9H2,1-4H3,(H,16,21). The number of rotatable bonds is 4. The highest BCUT2D eigenvalue weighted by Crippen LogP contribution is 2.24. The summed E-state index contributed by atoms with van der Waals surface area (Å²) in [5.74, 6) is -0.588. The van der Waals surface area contributed by atoms with E-state index in [-0.39, 0.29) is 31.1 Å². The maximum atomic E-state index is 12.6. The summed E-state index contributed by atoms with van der Waals surface area (Å²) in [5, 5.41) is 2.60. The monoisotopic (exact) mass is 311 g/mol. The van der Waals surface area contributed by atoms with Gasteiger partial charge >= 0.3 is 6.03 Å². The van der Waals surface area contributed by atoms with Gasteiger partial charge in [0.05, 0.1) is 6.61 Å². The van der Waals surface area contributed by atoms with E-state index in [1.807, 2.05) is 13.8 Å². The Morgan fingerprint density at radius 2 is 1.91 bits per heavy atom. The Morgan fingerprint density at radius 3 is 2.45 bits per heavy atom. The minimum Gasteiger partial charge on any atom is -0.382 e. The van der Waals surface area contributed by atoms with Crippen molar-refractivity contribution in [3.63, 3.8) is 0 Å². The van der Waals surface area contributed by atoms with Crippen LogP contribution in [-0.4, -0.2) is 65.5 Å². The molecular formula is C15H25N3O4. The highest BCUT2D eigenvalue weighted by atomic mass is 16.5. The van der Waals surface area contributed by atoms with Gasteiger partial charge in [-0.25, -0.2) is 4.79 Å². The lowest BCUT2D eigenvalue weighted by atomic mass is 9.97. The number of nitrogens with zero attached hydrogens (tertiary/aromatic N) is 2. The summed E-state index contributed by atoms with van der Waals surface area (Å²) < 4.78 is 4.99. The van der Waals surface area contributed by atoms with Crippen molar-refractivity contribution in [1.29, 1.82) is 0 Å². The van der Waals surface area contributed by atoms with E-state index in [0.29, 0.717) is 0 Å². The maximum absolute atomic E-state index is 12.6. The predicted octanol–water partition coefficient (Wildman–Crippen LogP) is 0.733. The van der Waals surface area contributed by atoms with E-state index < -0.39 is 17.5 Å². The molecule has 2 saturated heterocycles. The molecule has 0 aromatic heterocycles. The van der Waals surface area contributed by atoms with Gasteiger partial charge in [0.1, 0.15) is 12.1 Å². The third-order valence-corrected chi connectivity index (χ3v) is 4.55. The van der Waals surface area contributed by atoms with Gasteiger partial charge in [0, 0.05) is 19.2 Å². The van der Waals surface area contributed by atoms with Crippen LogP contribution < -0.4 is 5.32 Å². The summed E-state index contributed by atoms with van der Waals surface area (Å²) >= 11 is 0. The van der Waals surface area contributed by atoms with Gasteiger partial charge in [-0.1, -0.05) is 0 Å². The topological polar surface area (TPSA) is 79.0 Å². The molecule has 22 heavy (non-hydrogen) atoms. The molecule has 1 N–H and O–H groups in total. The van der Waals surface area contributed by atoms with Crippen molar-refractivity contribution in [2.45, 2.75) is 57.7 Å². The Balaban J connectivity index is 2.08. The van der Waals surface area contributed by atoms with Crippen LogP contribution in [0.4, 0.5) is 4.79 Å². The second-order valence-corrected chi connectivity index (χ2v) is 6.52. The van der Waals surface area contributed by atoms with Crippen LogP contribution >= 0.6 is 0 Å². The number of methoxy groups -OCH3 is 1. The molecule has 0 aromatic rings. The molecule has 3 unspecified atom stereocenters. The molecular weight excluding hydrogens is 286 g/mol. The zero-order valence-corrected chi connectivity index (χ0v) is 13.7. The average molecular weight is 311 g/mol. The zero-order chi connectivity index (χ0) is 16.5. The number of urea groups is 1. The molecule has 3 atom stereocenters. The van der Waals surface area contributed by atoms with Gasteiger partial charge < -0.3 is 15.0 Å². The number of hydrogen-bond donors (Lipinski definition) is 1. The van der Waals surface area contributed by atoms with E-state index in [0.717, 1.165) is 24.2 Å². The molecule has 124 valence electrons. The molecule has 4 amide bonds. The normalized spacial score (nSPS) is 32.4. The van der Waals surface area contributed by atoms with Crippen LogP contribution in [-0.2, 0) is 14.3 Å². The number of carbonyl (C=O) groups excluding carboxylic acids is 3. The Bertz CT molecular complexity index is 471. The molecule has 2 rings (SSSR count). The van der Waals surface area contributed by atoms with E-state index in [2.05, 4.69) is 5.32 Å². The van der Waals surface area contributed by atoms with Crippen LogP contribution in [0.1, 0.15) is 40.0 Å². The third kappa shape index (κ3) is 2.95. The SMILES string of the molecule is COCC1(C)NC(=O)N(CC(=O)N2C(C)CCCC2C)C1=O. The predicted molar refractivity (Wildman–Crippen MR) is 80.1 cm³/mol. The quantitative estimate of drug-likeness (QED) is 0.777. The van der Waals surface area contributed by atoms with Crippen LogP contribution in [0.2, 0.25) is 0 Å². The van der Waals surface area contributed by atoms with Crippen molar-refractivity contribution in [3.8, 4) is 0 Å². The van der Waals surface area contributed by atoms with Crippen LogP contribution in [0, 0.1) is 0 Å². The number of piperidine rings is 1. The van der Waals surface area contributed by atoms with Gasteiger partial charge in [-0.05, 0) is 40.0 Å². The van der Waals surface area contributed by atoms with Crippen molar-refractivity contribution in [2.24, 2.45) is 0 Å². The lowest BCUT2D eigenvalue weighted by Gasteiger charge is -2.39. The van der Waals surface area contributed by atoms with E-state index in [1.165, 1.54) is 7.11 Å². The minimum absolute atomic E-state index is 0.0821. The van der Waals surface area contributed by atoms with Gasteiger partial charge in [-0.15, -0.1) is 0 Å². The van der Waals surface area contributed by atoms with Crippen molar-refractivity contribution in [3.05, 3.63) is 0 Å². The van der Waals surface area contributed by atoms with Crippen molar-refractivity contribution in [1.82, 2.24) is 15.1 Å². The van der Waals surface area contributed by atoms with E-state index in [1.54, 1.807) is 11.8 Å². The molecule has 2 aliphatic rings. The first-order valence-electron chi connectivity index (χ1n) is 7.74. The second-order valence-electron chi connectivity index (χ2n) is 6.52. The third-order valence-electron chi connectivity index (χ3n) is 4.55. The minimum atomic E-state index is -1.09. The molecule has 0 spiro atoms. The van der Waals surface area contributed by atoms with Crippen LogP contribution in [0.5, 0.6) is 0 Å². The molecule has 0 bridgehead atoms. The van der Waals surface area contributed by atoms with Crippen LogP contribution in [0.3, 0.4) is 0 Å². The molecule has 2 fully saturated rings. The summed E-state index contributed by atoms with van der Waals surface area (Å²) in [6, 6.07) is -0.250. The van der Waals surface area contributed by atoms with E-state index in [4.69, 9.17) is 4.74 Å². The number of likely N-dealkylation sites (tertiary alicyclic amines) is 1. The van der Waals surface area contributed by atoms with Gasteiger partial charge in [0.15, 0.2) is 0 Å². The summed E-state index contributed by atoms with van der Waals surface area (Å²) in [6.07, 6.45) is 3.01. The molecule has 7 heteroatoms. The first kappa shape index (κ1) is 16.7. The molecule has 0 aromatic carbocycles. The molecule has 2 aliphatic heterocycles. The number of amides is 4. The van der Waals surface area contributed by atoms with Gasteiger partial charge in [-0.3, -0.25) is 14.5 Å². The number of imide groups is 1. The lowest BCUT2D eigenvalue weighted by molar-refractivity contribution is -0.143. The summed E-state index contributed by atoms with van der Waals surface area (Å²) in [5.41, 5.74) is -1.09. The Labute approximate surface area is 131 Å². The highest BCUT2D eigenvalue weighted by molar-refractivity contribution is 6.08. The summed E-state index contributed by atoms with van der Waals surface area (Å²) in [7, 11) is 1.47. The molecule has 7 nitrogen and oxygen atoms in total. The summed E-state index contributed by atoms with van der Waals surface area (Å²) in [4.78, 5) is 39.8. The van der Waals surface area contributed by atoms with Gasteiger partial charge in [-0.2, -0.15) is 0 Å². The average Bonchev–Trinajstić information content (AvgIpc) is 2.62. The fourth-order valence-electron chi connectivity index (χ4n) is 3.41. The lowest BCUT2D eigenvalue weighted by Crippen LogP contribution is -2.52. The summed E-state index contributed by atoms with van der Waals surface area (Å²) in [6.45, 7) is 5.49. The van der Waals surface area contributed by atoms with Crippen LogP contribution in [0.25, 0.3) is 0 Å². The highest BCUT2D eigenvalue weighted by Gasteiger charge is 2.49. The Kier molecular flexibility index (Phi) is 4.75. The molecule has 0 radical (unpaired) electrons. The van der Waals surface area contributed by atoms with Crippen LogP contribution in [0.15, 0.2) is 0 Å². The number of nitrogens with one attached hydrogen (secondary N) is 1. The van der Waals surface area contributed by atoms with E-state index >= 15 is 0 Å². The zero-order valence-electron chi connectivity index (χ0n) is 13.7. The Morgan fingerprint density at radius 1 is 1.32 bits per heavy atom. The largest absolute Gasteiger partial charge is 0.382 e. The number of carbonyl (C=O) groups is 3. The number of hydrogen-bond acceptors (Lipinski definition) is 4. The fourth-order valence-corrected chi connectivity index (χ4v) is 3.41. The van der Waals surface area contributed by atoms with Gasteiger partial charge in [0.25, 0.3) is 5.91 Å². The molecule has 2 heterocycles.